The molecule has 0 amide bonds. The Kier molecular flexibility index (Phi) is 7.02. The second kappa shape index (κ2) is 9.50. The van der Waals surface area contributed by atoms with Crippen molar-refractivity contribution in [2.24, 2.45) is 23.7 Å². The van der Waals surface area contributed by atoms with Gasteiger partial charge in [-0.25, -0.2) is 0 Å². The lowest BCUT2D eigenvalue weighted by Crippen LogP contribution is -2.56. The largest absolute Gasteiger partial charge is 0.458 e. The molecular formula is C28H42N2O3. The first-order valence-electron chi connectivity index (χ1n) is 12.8. The summed E-state index contributed by atoms with van der Waals surface area (Å²) in [6.07, 6.45) is 8.90. The maximum Gasteiger partial charge on any atom is 0.303 e. The molecule has 0 aromatic carbocycles. The Morgan fingerprint density at radius 3 is 2.85 bits per heavy atom. The van der Waals surface area contributed by atoms with Crippen LogP contribution in [0.25, 0.3) is 0 Å². The third-order valence-corrected chi connectivity index (χ3v) is 8.93. The van der Waals surface area contributed by atoms with Crippen molar-refractivity contribution in [3.05, 3.63) is 41.7 Å². The maximum atomic E-state index is 11.9. The van der Waals surface area contributed by atoms with Gasteiger partial charge in [0.25, 0.3) is 0 Å². The number of hydrogen-bond donors (Lipinski definition) is 1. The number of nitrogens with zero attached hydrogens (tertiary/aromatic N) is 2. The molecule has 1 unspecified atom stereocenters. The molecular weight excluding hydrogens is 412 g/mol. The minimum atomic E-state index is -0.804. The van der Waals surface area contributed by atoms with E-state index in [0.29, 0.717) is 18.3 Å². The van der Waals surface area contributed by atoms with Crippen LogP contribution in [0.1, 0.15) is 72.4 Å². The molecule has 1 saturated heterocycles. The smallest absolute Gasteiger partial charge is 0.303 e. The summed E-state index contributed by atoms with van der Waals surface area (Å²) in [6, 6.07) is 6.26. The number of rotatable bonds is 5. The topological polar surface area (TPSA) is 62.7 Å². The molecule has 33 heavy (non-hydrogen) atoms. The van der Waals surface area contributed by atoms with E-state index in [1.807, 2.05) is 12.3 Å². The number of aromatic nitrogens is 1. The number of piperidine rings is 1. The summed E-state index contributed by atoms with van der Waals surface area (Å²) in [5, 5.41) is 11.9. The lowest BCUT2D eigenvalue weighted by Gasteiger charge is -2.53. The number of aliphatic hydroxyl groups is 1. The number of ether oxygens (including phenoxy) is 1. The van der Waals surface area contributed by atoms with Crippen LogP contribution >= 0.6 is 0 Å². The minimum Gasteiger partial charge on any atom is -0.458 e. The molecule has 5 heteroatoms. The number of likely N-dealkylation sites (tertiary alicyclic amines) is 1. The fourth-order valence-corrected chi connectivity index (χ4v) is 6.97. The zero-order valence-corrected chi connectivity index (χ0v) is 21.1. The van der Waals surface area contributed by atoms with Gasteiger partial charge in [-0.05, 0) is 74.6 Å². The first kappa shape index (κ1) is 24.4. The number of fused-ring (bicyclic) bond motifs is 1. The SMILES string of the molecule is CC(=O)O[C@@H]1C[C@@]2(O)[C@H](C)CC[C@@H]([C@H](C)CN3CCCC(C)(c4ccccn4)C3)[C@H]2C=C1C. The maximum absolute atomic E-state index is 11.9. The molecule has 1 saturated carbocycles. The Morgan fingerprint density at radius 1 is 1.36 bits per heavy atom. The second-order valence-corrected chi connectivity index (χ2v) is 11.5. The van der Waals surface area contributed by atoms with E-state index >= 15 is 0 Å². The van der Waals surface area contributed by atoms with Crippen LogP contribution in [-0.2, 0) is 14.9 Å². The standard InChI is InChI=1S/C28H42N2O3/c1-19-15-24-23(11-10-21(3)28(24,32)16-25(19)33-22(4)31)20(2)17-30-14-8-12-27(5,18-30)26-9-6-7-13-29-26/h6-7,9,13,15,20-21,23-25,32H,8,10-12,14,16-18H2,1-5H3/t20-,21-,23+,24-,25-,27?,28-/m1/s1. The first-order valence-corrected chi connectivity index (χ1v) is 12.8. The van der Waals surface area contributed by atoms with E-state index in [9.17, 15) is 9.90 Å². The first-order chi connectivity index (χ1) is 15.6. The third kappa shape index (κ3) is 4.90. The molecule has 182 valence electrons. The third-order valence-electron chi connectivity index (χ3n) is 8.93. The van der Waals surface area contributed by atoms with Crippen LogP contribution in [0.2, 0.25) is 0 Å². The van der Waals surface area contributed by atoms with Gasteiger partial charge in [0.05, 0.1) is 5.60 Å². The van der Waals surface area contributed by atoms with Crippen LogP contribution in [0.4, 0.5) is 0 Å². The predicted molar refractivity (Wildman–Crippen MR) is 131 cm³/mol. The number of pyridine rings is 1. The lowest BCUT2D eigenvalue weighted by atomic mass is 9.57. The summed E-state index contributed by atoms with van der Waals surface area (Å²) in [6.45, 7) is 13.6. The summed E-state index contributed by atoms with van der Waals surface area (Å²) >= 11 is 0. The van der Waals surface area contributed by atoms with Gasteiger partial charge in [0.1, 0.15) is 6.10 Å². The van der Waals surface area contributed by atoms with Crippen molar-refractivity contribution in [2.75, 3.05) is 19.6 Å². The Bertz CT molecular complexity index is 871. The van der Waals surface area contributed by atoms with Gasteiger partial charge in [-0.1, -0.05) is 32.9 Å². The Balaban J connectivity index is 1.49. The van der Waals surface area contributed by atoms with E-state index in [-0.39, 0.29) is 29.3 Å². The monoisotopic (exact) mass is 454 g/mol. The summed E-state index contributed by atoms with van der Waals surface area (Å²) in [5.41, 5.74) is 1.58. The van der Waals surface area contributed by atoms with Crippen molar-refractivity contribution in [1.29, 1.82) is 0 Å². The van der Waals surface area contributed by atoms with E-state index in [0.717, 1.165) is 38.0 Å². The van der Waals surface area contributed by atoms with Crippen molar-refractivity contribution >= 4 is 5.97 Å². The highest BCUT2D eigenvalue weighted by Gasteiger charge is 2.53. The zero-order valence-electron chi connectivity index (χ0n) is 21.1. The summed E-state index contributed by atoms with van der Waals surface area (Å²) in [5.74, 6) is 0.965. The van der Waals surface area contributed by atoms with E-state index < -0.39 is 5.60 Å². The molecule has 0 radical (unpaired) electrons. The molecule has 3 aliphatic rings. The fraction of sp³-hybridized carbons (Fsp3) is 0.714. The number of hydrogen-bond acceptors (Lipinski definition) is 5. The summed E-state index contributed by atoms with van der Waals surface area (Å²) in [7, 11) is 0. The van der Waals surface area contributed by atoms with Gasteiger partial charge in [0.2, 0.25) is 0 Å². The molecule has 2 fully saturated rings. The molecule has 0 spiro atoms. The van der Waals surface area contributed by atoms with Crippen LogP contribution in [0.15, 0.2) is 36.0 Å². The van der Waals surface area contributed by atoms with Gasteiger partial charge in [-0.2, -0.15) is 0 Å². The fourth-order valence-electron chi connectivity index (χ4n) is 6.97. The Hall–Kier alpha value is -1.72. The normalized spacial score (nSPS) is 38.2. The molecule has 1 N–H and O–H groups in total. The van der Waals surface area contributed by atoms with Gasteiger partial charge >= 0.3 is 5.97 Å². The lowest BCUT2D eigenvalue weighted by molar-refractivity contribution is -0.159. The van der Waals surface area contributed by atoms with Crippen molar-refractivity contribution in [3.63, 3.8) is 0 Å². The Labute approximate surface area is 199 Å². The van der Waals surface area contributed by atoms with Crippen LogP contribution in [0.3, 0.4) is 0 Å². The van der Waals surface area contributed by atoms with E-state index in [1.54, 1.807) is 0 Å². The van der Waals surface area contributed by atoms with Crippen LogP contribution in [0.5, 0.6) is 0 Å². The van der Waals surface area contributed by atoms with Crippen LogP contribution in [0, 0.1) is 23.7 Å². The van der Waals surface area contributed by atoms with Crippen molar-refractivity contribution in [1.82, 2.24) is 9.88 Å². The second-order valence-electron chi connectivity index (χ2n) is 11.5. The van der Waals surface area contributed by atoms with Gasteiger partial charge in [0, 0.05) is 49.7 Å². The molecule has 0 bridgehead atoms. The van der Waals surface area contributed by atoms with Gasteiger partial charge in [-0.3, -0.25) is 9.78 Å². The molecule has 5 nitrogen and oxygen atoms in total. The highest BCUT2D eigenvalue weighted by Crippen LogP contribution is 2.51. The molecule has 2 aliphatic carbocycles. The minimum absolute atomic E-state index is 0.0969. The average Bonchev–Trinajstić information content (AvgIpc) is 2.76. The number of carbonyl (C=O) groups excluding carboxylic acids is 1. The van der Waals surface area contributed by atoms with Crippen molar-refractivity contribution in [2.45, 2.75) is 83.8 Å². The zero-order chi connectivity index (χ0) is 23.8. The average molecular weight is 455 g/mol. The van der Waals surface area contributed by atoms with Crippen LogP contribution in [-0.4, -0.2) is 52.3 Å². The highest BCUT2D eigenvalue weighted by molar-refractivity contribution is 5.66. The number of carbonyl (C=O) groups is 1. The quantitative estimate of drug-likeness (QED) is 0.514. The highest BCUT2D eigenvalue weighted by atomic mass is 16.5. The molecule has 2 heterocycles. The van der Waals surface area contributed by atoms with Crippen molar-refractivity contribution < 1.29 is 14.6 Å². The van der Waals surface area contributed by atoms with E-state index in [1.165, 1.54) is 25.5 Å². The number of esters is 1. The summed E-state index contributed by atoms with van der Waals surface area (Å²) in [4.78, 5) is 18.9. The molecule has 1 aromatic rings. The molecule has 4 rings (SSSR count). The molecule has 7 atom stereocenters. The van der Waals surface area contributed by atoms with E-state index in [4.69, 9.17) is 4.74 Å². The van der Waals surface area contributed by atoms with Gasteiger partial charge < -0.3 is 14.7 Å². The van der Waals surface area contributed by atoms with Gasteiger partial charge in [0.15, 0.2) is 0 Å². The predicted octanol–water partition coefficient (Wildman–Crippen LogP) is 4.75. The van der Waals surface area contributed by atoms with Crippen LogP contribution < -0.4 is 0 Å². The van der Waals surface area contributed by atoms with Crippen molar-refractivity contribution in [3.8, 4) is 0 Å². The summed E-state index contributed by atoms with van der Waals surface area (Å²) < 4.78 is 5.57. The molecule has 1 aromatic heterocycles. The Morgan fingerprint density at radius 2 is 2.15 bits per heavy atom. The van der Waals surface area contributed by atoms with Gasteiger partial charge in [-0.15, -0.1) is 0 Å². The van der Waals surface area contributed by atoms with E-state index in [2.05, 4.69) is 55.8 Å². The molecule has 1 aliphatic heterocycles.